The van der Waals surface area contributed by atoms with E-state index >= 15 is 0 Å². The lowest BCUT2D eigenvalue weighted by molar-refractivity contribution is -0.138. The molecule has 1 fully saturated rings. The first-order chi connectivity index (χ1) is 8.88. The lowest BCUT2D eigenvalue weighted by atomic mass is 10.1. The molecule has 0 aromatic carbocycles. The number of alkyl halides is 3. The predicted molar refractivity (Wildman–Crippen MR) is 61.9 cm³/mol. The van der Waals surface area contributed by atoms with Crippen molar-refractivity contribution in [3.63, 3.8) is 0 Å². The predicted octanol–water partition coefficient (Wildman–Crippen LogP) is 2.54. The van der Waals surface area contributed by atoms with E-state index in [9.17, 15) is 18.0 Å². The number of aromatic nitrogens is 1. The fourth-order valence-electron chi connectivity index (χ4n) is 2.27. The Morgan fingerprint density at radius 2 is 2.21 bits per heavy atom. The van der Waals surface area contributed by atoms with Crippen molar-refractivity contribution in [1.29, 1.82) is 0 Å². The molecule has 0 spiro atoms. The van der Waals surface area contributed by atoms with Crippen LogP contribution in [0.15, 0.2) is 18.3 Å². The fourth-order valence-corrected chi connectivity index (χ4v) is 2.27. The van der Waals surface area contributed by atoms with Gasteiger partial charge in [0.05, 0.1) is 12.0 Å². The highest BCUT2D eigenvalue weighted by Gasteiger charge is 2.32. The summed E-state index contributed by atoms with van der Waals surface area (Å²) >= 11 is 0. The number of nitrogens with zero attached hydrogens (tertiary/aromatic N) is 2. The van der Waals surface area contributed by atoms with Gasteiger partial charge in [-0.15, -0.1) is 0 Å². The zero-order chi connectivity index (χ0) is 14.0. The third-order valence-electron chi connectivity index (χ3n) is 3.16. The van der Waals surface area contributed by atoms with Crippen molar-refractivity contribution in [1.82, 2.24) is 4.98 Å². The van der Waals surface area contributed by atoms with Gasteiger partial charge in [-0.25, -0.2) is 4.98 Å². The Morgan fingerprint density at radius 1 is 1.47 bits per heavy atom. The number of carboxylic acid groups (broad SMARTS) is 1. The van der Waals surface area contributed by atoms with Crippen LogP contribution in [0.2, 0.25) is 0 Å². The van der Waals surface area contributed by atoms with E-state index in [1.807, 2.05) is 0 Å². The van der Waals surface area contributed by atoms with Gasteiger partial charge < -0.3 is 10.0 Å². The van der Waals surface area contributed by atoms with E-state index in [0.29, 0.717) is 12.4 Å². The van der Waals surface area contributed by atoms with Crippen molar-refractivity contribution in [2.45, 2.75) is 31.5 Å². The zero-order valence-corrected chi connectivity index (χ0v) is 10.0. The summed E-state index contributed by atoms with van der Waals surface area (Å²) in [4.78, 5) is 16.3. The first-order valence-electron chi connectivity index (χ1n) is 5.89. The summed E-state index contributed by atoms with van der Waals surface area (Å²) in [5.41, 5.74) is -0.801. The lowest BCUT2D eigenvalue weighted by Gasteiger charge is -2.24. The number of hydrogen-bond donors (Lipinski definition) is 1. The number of anilines is 1. The topological polar surface area (TPSA) is 53.4 Å². The largest absolute Gasteiger partial charge is 0.481 e. The lowest BCUT2D eigenvalue weighted by Crippen LogP contribution is -2.31. The van der Waals surface area contributed by atoms with Crippen LogP contribution >= 0.6 is 0 Å². The van der Waals surface area contributed by atoms with Gasteiger partial charge in [0.25, 0.3) is 0 Å². The number of aliphatic carboxylic acids is 1. The molecule has 1 aliphatic heterocycles. The van der Waals surface area contributed by atoms with Gasteiger partial charge in [0.1, 0.15) is 5.82 Å². The number of carboxylic acids is 1. The van der Waals surface area contributed by atoms with Crippen molar-refractivity contribution in [2.75, 3.05) is 11.4 Å². The van der Waals surface area contributed by atoms with Crippen LogP contribution in [0.4, 0.5) is 19.0 Å². The molecule has 1 N–H and O–H groups in total. The van der Waals surface area contributed by atoms with Crippen molar-refractivity contribution >= 4 is 11.8 Å². The summed E-state index contributed by atoms with van der Waals surface area (Å²) in [7, 11) is 0. The highest BCUT2D eigenvalue weighted by atomic mass is 19.4. The van der Waals surface area contributed by atoms with Gasteiger partial charge in [-0.1, -0.05) is 0 Å². The minimum Gasteiger partial charge on any atom is -0.481 e. The smallest absolute Gasteiger partial charge is 0.417 e. The maximum Gasteiger partial charge on any atom is 0.417 e. The number of carbonyl (C=O) groups is 1. The molecular weight excluding hydrogens is 261 g/mol. The second kappa shape index (κ2) is 5.07. The summed E-state index contributed by atoms with van der Waals surface area (Å²) < 4.78 is 37.2. The molecule has 19 heavy (non-hydrogen) atoms. The molecule has 1 unspecified atom stereocenters. The van der Waals surface area contributed by atoms with Gasteiger partial charge in [0, 0.05) is 18.8 Å². The summed E-state index contributed by atoms with van der Waals surface area (Å²) in [6.07, 6.45) is -2.11. The van der Waals surface area contributed by atoms with Gasteiger partial charge in [0.15, 0.2) is 0 Å². The van der Waals surface area contributed by atoms with Gasteiger partial charge in [-0.3, -0.25) is 4.79 Å². The molecule has 1 aromatic heterocycles. The molecule has 7 heteroatoms. The first kappa shape index (κ1) is 13.6. The summed E-state index contributed by atoms with van der Waals surface area (Å²) in [6, 6.07) is 2.07. The van der Waals surface area contributed by atoms with Crippen LogP contribution in [-0.4, -0.2) is 28.6 Å². The third kappa shape index (κ3) is 3.15. The highest BCUT2D eigenvalue weighted by molar-refractivity contribution is 5.68. The summed E-state index contributed by atoms with van der Waals surface area (Å²) in [5, 5.41) is 8.79. The monoisotopic (exact) mass is 274 g/mol. The van der Waals surface area contributed by atoms with Crippen molar-refractivity contribution < 1.29 is 23.1 Å². The molecule has 4 nitrogen and oxygen atoms in total. The summed E-state index contributed by atoms with van der Waals surface area (Å²) in [5.74, 6) is -0.513. The Morgan fingerprint density at radius 3 is 2.74 bits per heavy atom. The molecule has 0 aliphatic carbocycles. The third-order valence-corrected chi connectivity index (χ3v) is 3.16. The molecular formula is C12H13F3N2O2. The number of rotatable bonds is 3. The maximum atomic E-state index is 12.4. The average Bonchev–Trinajstić information content (AvgIpc) is 2.75. The minimum absolute atomic E-state index is 0.0251. The Hall–Kier alpha value is -1.79. The first-order valence-corrected chi connectivity index (χ1v) is 5.89. The Balaban J connectivity index is 2.15. The molecule has 2 rings (SSSR count). The van der Waals surface area contributed by atoms with Crippen LogP contribution in [0.5, 0.6) is 0 Å². The van der Waals surface area contributed by atoms with Crippen LogP contribution in [0.1, 0.15) is 24.8 Å². The van der Waals surface area contributed by atoms with E-state index in [1.165, 1.54) is 6.07 Å². The Kier molecular flexibility index (Phi) is 3.64. The van der Waals surface area contributed by atoms with Crippen LogP contribution in [0, 0.1) is 0 Å². The SMILES string of the molecule is O=C(O)CC1CCCN1c1ccc(C(F)(F)F)cn1. The molecule has 1 saturated heterocycles. The Bertz CT molecular complexity index is 459. The standard InChI is InChI=1S/C12H13F3N2O2/c13-12(14,15)8-3-4-10(16-7-8)17-5-1-2-9(17)6-11(18)19/h3-4,7,9H,1-2,5-6H2,(H,18,19). The molecule has 1 atom stereocenters. The quantitative estimate of drug-likeness (QED) is 0.920. The number of hydrogen-bond acceptors (Lipinski definition) is 3. The maximum absolute atomic E-state index is 12.4. The fraction of sp³-hybridized carbons (Fsp3) is 0.500. The normalized spacial score (nSPS) is 19.7. The second-order valence-corrected chi connectivity index (χ2v) is 4.49. The van der Waals surface area contributed by atoms with Crippen LogP contribution in [0.3, 0.4) is 0 Å². The van der Waals surface area contributed by atoms with Crippen molar-refractivity contribution in [3.05, 3.63) is 23.9 Å². The van der Waals surface area contributed by atoms with Crippen LogP contribution in [-0.2, 0) is 11.0 Å². The molecule has 2 heterocycles. The highest BCUT2D eigenvalue weighted by Crippen LogP contribution is 2.31. The molecule has 1 aliphatic rings. The molecule has 0 saturated carbocycles. The van der Waals surface area contributed by atoms with Gasteiger partial charge in [0.2, 0.25) is 0 Å². The Labute approximate surface area is 107 Å². The van der Waals surface area contributed by atoms with E-state index in [4.69, 9.17) is 5.11 Å². The zero-order valence-electron chi connectivity index (χ0n) is 10.0. The van der Waals surface area contributed by atoms with Crippen molar-refractivity contribution in [3.8, 4) is 0 Å². The van der Waals surface area contributed by atoms with E-state index in [1.54, 1.807) is 4.90 Å². The molecule has 0 bridgehead atoms. The minimum atomic E-state index is -4.41. The van der Waals surface area contributed by atoms with Gasteiger partial charge >= 0.3 is 12.1 Å². The number of pyridine rings is 1. The average molecular weight is 274 g/mol. The van der Waals surface area contributed by atoms with E-state index in [-0.39, 0.29) is 12.5 Å². The molecule has 0 radical (unpaired) electrons. The van der Waals surface area contributed by atoms with Crippen molar-refractivity contribution in [2.24, 2.45) is 0 Å². The van der Waals surface area contributed by atoms with Gasteiger partial charge in [-0.05, 0) is 25.0 Å². The van der Waals surface area contributed by atoms with Crippen LogP contribution in [0.25, 0.3) is 0 Å². The van der Waals surface area contributed by atoms with E-state index < -0.39 is 17.7 Å². The second-order valence-electron chi connectivity index (χ2n) is 4.49. The summed E-state index contributed by atoms with van der Waals surface area (Å²) in [6.45, 7) is 0.621. The van der Waals surface area contributed by atoms with E-state index in [0.717, 1.165) is 25.1 Å². The molecule has 0 amide bonds. The number of halogens is 3. The van der Waals surface area contributed by atoms with E-state index in [2.05, 4.69) is 4.98 Å². The molecule has 1 aromatic rings. The molecule has 104 valence electrons. The van der Waals surface area contributed by atoms with Gasteiger partial charge in [-0.2, -0.15) is 13.2 Å². The van der Waals surface area contributed by atoms with Crippen LogP contribution < -0.4 is 4.90 Å².